The van der Waals surface area contributed by atoms with Gasteiger partial charge in [-0.05, 0) is 44.6 Å². The average molecular weight is 622 g/mol. The fourth-order valence-electron chi connectivity index (χ4n) is 7.85. The highest BCUT2D eigenvalue weighted by molar-refractivity contribution is 5.99. The number of carbonyl (C=O) groups is 4. The standard InChI is InChI=1S/C35H47N3O7/c1-22(20-39)38-29-31(42)37(34(5,6)21-33(2,3)4)18-12-17-35(29)28(30(38)41)27-24(45-35)15-10-11-16-26(40)36-19-25(44-32(27)43)23-13-8-7-9-14-23/h7-10,12-15,17,22,24-25,27-29,39H,11,16,18-21H2,1-6H3,(H,36,40)/b15-10-/t22-,24-,25+,27+,28+,29-,35+/m1/s1. The summed E-state index contributed by atoms with van der Waals surface area (Å²) in [5, 5.41) is 13.1. The number of rotatable bonds is 5. The molecule has 5 rings (SSSR count). The minimum absolute atomic E-state index is 0.0760. The van der Waals surface area contributed by atoms with Gasteiger partial charge in [-0.15, -0.1) is 0 Å². The molecule has 3 amide bonds. The van der Waals surface area contributed by atoms with E-state index in [1.54, 1.807) is 30.1 Å². The number of nitrogens with zero attached hydrogens (tertiary/aromatic N) is 2. The van der Waals surface area contributed by atoms with Gasteiger partial charge in [0.25, 0.3) is 0 Å². The summed E-state index contributed by atoms with van der Waals surface area (Å²) in [6.07, 6.45) is 6.87. The van der Waals surface area contributed by atoms with Crippen LogP contribution in [-0.2, 0) is 28.7 Å². The maximum Gasteiger partial charge on any atom is 0.313 e. The third-order valence-corrected chi connectivity index (χ3v) is 9.41. The minimum Gasteiger partial charge on any atom is -0.455 e. The Hall–Kier alpha value is -3.50. The summed E-state index contributed by atoms with van der Waals surface area (Å²) in [6, 6.07) is 7.37. The zero-order chi connectivity index (χ0) is 32.7. The lowest BCUT2D eigenvalue weighted by molar-refractivity contribution is -0.161. The van der Waals surface area contributed by atoms with Crippen molar-refractivity contribution in [1.29, 1.82) is 0 Å². The van der Waals surface area contributed by atoms with E-state index < -0.39 is 59.1 Å². The summed E-state index contributed by atoms with van der Waals surface area (Å²) < 4.78 is 12.9. The lowest BCUT2D eigenvalue weighted by atomic mass is 9.77. The first-order valence-electron chi connectivity index (χ1n) is 16.0. The van der Waals surface area contributed by atoms with Gasteiger partial charge in [-0.3, -0.25) is 19.2 Å². The van der Waals surface area contributed by atoms with Crippen molar-refractivity contribution in [3.63, 3.8) is 0 Å². The van der Waals surface area contributed by atoms with E-state index in [4.69, 9.17) is 9.47 Å². The second kappa shape index (κ2) is 12.4. The Labute approximate surface area is 265 Å². The van der Waals surface area contributed by atoms with Crippen molar-refractivity contribution in [3.05, 3.63) is 60.2 Å². The molecule has 4 aliphatic heterocycles. The molecule has 0 aliphatic carbocycles. The van der Waals surface area contributed by atoms with Crippen molar-refractivity contribution in [1.82, 2.24) is 15.1 Å². The Balaban J connectivity index is 1.60. The molecule has 10 nitrogen and oxygen atoms in total. The highest BCUT2D eigenvalue weighted by Gasteiger charge is 2.72. The van der Waals surface area contributed by atoms with Crippen LogP contribution >= 0.6 is 0 Å². The molecule has 4 heterocycles. The van der Waals surface area contributed by atoms with Gasteiger partial charge in [0, 0.05) is 18.5 Å². The van der Waals surface area contributed by atoms with Crippen LogP contribution in [0.1, 0.15) is 72.5 Å². The molecule has 0 saturated carbocycles. The van der Waals surface area contributed by atoms with Crippen LogP contribution in [0.15, 0.2) is 54.6 Å². The van der Waals surface area contributed by atoms with Crippen LogP contribution in [0.5, 0.6) is 0 Å². The maximum atomic E-state index is 14.7. The van der Waals surface area contributed by atoms with Gasteiger partial charge in [-0.25, -0.2) is 0 Å². The van der Waals surface area contributed by atoms with Gasteiger partial charge in [-0.1, -0.05) is 75.4 Å². The highest BCUT2D eigenvalue weighted by atomic mass is 16.6. The molecular formula is C35H47N3O7. The number of nitrogens with one attached hydrogen (secondary N) is 1. The largest absolute Gasteiger partial charge is 0.455 e. The quantitative estimate of drug-likeness (QED) is 0.382. The third-order valence-electron chi connectivity index (χ3n) is 9.41. The number of hydrogen-bond acceptors (Lipinski definition) is 7. The molecule has 1 spiro atoms. The van der Waals surface area contributed by atoms with Gasteiger partial charge < -0.3 is 29.7 Å². The summed E-state index contributed by atoms with van der Waals surface area (Å²) in [7, 11) is 0. The van der Waals surface area contributed by atoms with Crippen LogP contribution in [0.3, 0.4) is 0 Å². The van der Waals surface area contributed by atoms with E-state index in [0.29, 0.717) is 24.9 Å². The highest BCUT2D eigenvalue weighted by Crippen LogP contribution is 2.54. The molecule has 45 heavy (non-hydrogen) atoms. The molecule has 7 atom stereocenters. The second-order valence-electron chi connectivity index (χ2n) is 14.6. The SMILES string of the molecule is C[C@H](CO)N1C(=O)[C@@H]2[C@H]3C(=O)O[C@H](c4ccccc4)CNC(=O)CC/C=C\[C@H]3O[C@@]23C=CCN(C(C)(C)CC(C)(C)C)C(=O)[C@@H]13. The summed E-state index contributed by atoms with van der Waals surface area (Å²) in [5.74, 6) is -3.63. The molecule has 2 fully saturated rings. The average Bonchev–Trinajstić information content (AvgIpc) is 3.36. The first-order valence-corrected chi connectivity index (χ1v) is 16.0. The number of hydrogen-bond donors (Lipinski definition) is 2. The van der Waals surface area contributed by atoms with Crippen molar-refractivity contribution >= 4 is 23.7 Å². The first kappa shape index (κ1) is 32.9. The fraction of sp³-hybridized carbons (Fsp3) is 0.600. The number of benzene rings is 1. The molecule has 0 aromatic heterocycles. The predicted molar refractivity (Wildman–Crippen MR) is 167 cm³/mol. The smallest absolute Gasteiger partial charge is 0.313 e. The number of fused-ring (bicyclic) bond motifs is 2. The molecule has 10 heteroatoms. The number of allylic oxidation sites excluding steroid dienone is 1. The van der Waals surface area contributed by atoms with Gasteiger partial charge >= 0.3 is 5.97 Å². The topological polar surface area (TPSA) is 125 Å². The van der Waals surface area contributed by atoms with Gasteiger partial charge in [-0.2, -0.15) is 0 Å². The van der Waals surface area contributed by atoms with Crippen LogP contribution in [0.25, 0.3) is 0 Å². The van der Waals surface area contributed by atoms with E-state index >= 15 is 0 Å². The van der Waals surface area contributed by atoms with Crippen molar-refractivity contribution in [2.24, 2.45) is 17.3 Å². The Bertz CT molecular complexity index is 1370. The Morgan fingerprint density at radius 3 is 2.42 bits per heavy atom. The number of carbonyl (C=O) groups excluding carboxylic acids is 4. The molecule has 1 aromatic rings. The van der Waals surface area contributed by atoms with E-state index in [9.17, 15) is 24.3 Å². The maximum absolute atomic E-state index is 14.7. The molecule has 2 saturated heterocycles. The van der Waals surface area contributed by atoms with E-state index in [-0.39, 0.29) is 36.8 Å². The third kappa shape index (κ3) is 6.19. The van der Waals surface area contributed by atoms with Gasteiger partial charge in [0.15, 0.2) is 0 Å². The molecule has 0 radical (unpaired) electrons. The summed E-state index contributed by atoms with van der Waals surface area (Å²) in [5.41, 5.74) is -1.39. The molecular weight excluding hydrogens is 574 g/mol. The summed E-state index contributed by atoms with van der Waals surface area (Å²) in [4.78, 5) is 59.2. The van der Waals surface area contributed by atoms with Crippen molar-refractivity contribution in [2.75, 3.05) is 19.7 Å². The number of cyclic esters (lactones) is 1. The minimum atomic E-state index is -1.46. The Morgan fingerprint density at radius 2 is 1.76 bits per heavy atom. The van der Waals surface area contributed by atoms with Gasteiger partial charge in [0.2, 0.25) is 17.7 Å². The number of likely N-dealkylation sites (tertiary alicyclic amines) is 1. The normalized spacial score (nSPS) is 32.4. The molecule has 0 unspecified atom stereocenters. The Morgan fingerprint density at radius 1 is 1.04 bits per heavy atom. The summed E-state index contributed by atoms with van der Waals surface area (Å²) in [6.45, 7) is 12.2. The molecule has 4 aliphatic rings. The zero-order valence-electron chi connectivity index (χ0n) is 27.2. The number of aliphatic hydroxyl groups excluding tert-OH is 1. The fourth-order valence-corrected chi connectivity index (χ4v) is 7.85. The molecule has 0 bridgehead atoms. The van der Waals surface area contributed by atoms with Gasteiger partial charge in [0.1, 0.15) is 23.7 Å². The lowest BCUT2D eigenvalue weighted by Gasteiger charge is -2.45. The zero-order valence-corrected chi connectivity index (χ0v) is 27.2. The number of aliphatic hydroxyl groups is 1. The second-order valence-corrected chi connectivity index (χ2v) is 14.6. The van der Waals surface area contributed by atoms with Crippen molar-refractivity contribution in [3.8, 4) is 0 Å². The van der Waals surface area contributed by atoms with Crippen molar-refractivity contribution in [2.45, 2.75) is 96.2 Å². The van der Waals surface area contributed by atoms with Crippen LogP contribution < -0.4 is 5.32 Å². The van der Waals surface area contributed by atoms with Crippen LogP contribution in [0.4, 0.5) is 0 Å². The number of esters is 1. The predicted octanol–water partition coefficient (Wildman–Crippen LogP) is 3.31. The van der Waals surface area contributed by atoms with E-state index in [0.717, 1.165) is 0 Å². The van der Waals surface area contributed by atoms with E-state index in [2.05, 4.69) is 26.1 Å². The van der Waals surface area contributed by atoms with Crippen LogP contribution in [0.2, 0.25) is 0 Å². The molecule has 1 aromatic carbocycles. The van der Waals surface area contributed by atoms with E-state index in [1.165, 1.54) is 4.90 Å². The number of amides is 3. The first-order chi connectivity index (χ1) is 21.2. The van der Waals surface area contributed by atoms with Crippen molar-refractivity contribution < 1.29 is 33.8 Å². The van der Waals surface area contributed by atoms with Crippen LogP contribution in [-0.4, -0.2) is 87.6 Å². The number of ether oxygens (including phenoxy) is 2. The van der Waals surface area contributed by atoms with Gasteiger partial charge in [0.05, 0.1) is 31.2 Å². The Kier molecular flexibility index (Phi) is 9.03. The summed E-state index contributed by atoms with van der Waals surface area (Å²) >= 11 is 0. The lowest BCUT2D eigenvalue weighted by Crippen LogP contribution is -2.61. The van der Waals surface area contributed by atoms with E-state index in [1.807, 2.05) is 50.3 Å². The molecule has 244 valence electrons. The molecule has 2 N–H and O–H groups in total. The van der Waals surface area contributed by atoms with Crippen LogP contribution in [0, 0.1) is 17.3 Å². The monoisotopic (exact) mass is 621 g/mol.